The Bertz CT molecular complexity index is 1000. The number of halogens is 2. The SMILES string of the molecule is [Cl-].[Cl-].c1ccc2c(c1)-c1ccccc1[CH]2[Ti+2][CH]1c2ccccc2-c2ccccc21. The number of hydrogen-bond acceptors (Lipinski definition) is 0. The van der Waals surface area contributed by atoms with Crippen LogP contribution >= 0.6 is 0 Å². The number of fused-ring (bicyclic) bond motifs is 6. The van der Waals surface area contributed by atoms with Gasteiger partial charge in [-0.25, -0.2) is 0 Å². The Kier molecular flexibility index (Phi) is 5.73. The van der Waals surface area contributed by atoms with E-state index in [9.17, 15) is 0 Å². The van der Waals surface area contributed by atoms with E-state index < -0.39 is 0 Å². The molecule has 0 N–H and O–H groups in total. The number of rotatable bonds is 2. The van der Waals surface area contributed by atoms with Crippen molar-refractivity contribution in [2.24, 2.45) is 0 Å². The molecule has 4 aromatic rings. The molecule has 140 valence electrons. The minimum atomic E-state index is -0.311. The Labute approximate surface area is 193 Å². The molecule has 3 heteroatoms. The second-order valence-electron chi connectivity index (χ2n) is 7.38. The maximum atomic E-state index is 2.36. The summed E-state index contributed by atoms with van der Waals surface area (Å²) in [5.74, 6) is 0. The quantitative estimate of drug-likeness (QED) is 0.394. The van der Waals surface area contributed by atoms with Gasteiger partial charge < -0.3 is 24.8 Å². The molecular weight excluding hydrogens is 431 g/mol. The number of hydrogen-bond donors (Lipinski definition) is 0. The van der Waals surface area contributed by atoms with Gasteiger partial charge in [-0.2, -0.15) is 0 Å². The van der Waals surface area contributed by atoms with Crippen molar-refractivity contribution < 1.29 is 44.0 Å². The van der Waals surface area contributed by atoms with Gasteiger partial charge in [0.15, 0.2) is 0 Å². The molecule has 4 aromatic carbocycles. The van der Waals surface area contributed by atoms with Crippen molar-refractivity contribution in [3.63, 3.8) is 0 Å². The van der Waals surface area contributed by atoms with E-state index in [1.54, 1.807) is 22.3 Å². The van der Waals surface area contributed by atoms with Crippen molar-refractivity contribution in [3.8, 4) is 22.3 Å². The first-order valence-electron chi connectivity index (χ1n) is 9.54. The van der Waals surface area contributed by atoms with Crippen LogP contribution in [-0.4, -0.2) is 0 Å². The fourth-order valence-corrected chi connectivity index (χ4v) is 8.05. The van der Waals surface area contributed by atoms with Gasteiger partial charge in [0.2, 0.25) is 0 Å². The Hall–Kier alpha value is -1.83. The zero-order valence-corrected chi connectivity index (χ0v) is 18.7. The fourth-order valence-electron chi connectivity index (χ4n) is 4.84. The molecule has 2 aliphatic carbocycles. The van der Waals surface area contributed by atoms with Crippen molar-refractivity contribution in [2.75, 3.05) is 0 Å². The van der Waals surface area contributed by atoms with Gasteiger partial charge in [-0.05, 0) is 0 Å². The molecule has 6 rings (SSSR count). The van der Waals surface area contributed by atoms with Gasteiger partial charge in [0.1, 0.15) is 0 Å². The normalized spacial score (nSPS) is 13.2. The fraction of sp³-hybridized carbons (Fsp3) is 0.0769. The zero-order valence-electron chi connectivity index (χ0n) is 15.6. The van der Waals surface area contributed by atoms with Crippen molar-refractivity contribution >= 4 is 0 Å². The van der Waals surface area contributed by atoms with Crippen LogP contribution in [0.4, 0.5) is 0 Å². The van der Waals surface area contributed by atoms with Crippen LogP contribution in [0.2, 0.25) is 0 Å². The molecular formula is C26H18Cl2Ti. The van der Waals surface area contributed by atoms with Gasteiger partial charge in [-0.15, -0.1) is 0 Å². The summed E-state index contributed by atoms with van der Waals surface area (Å²) >= 11 is -0.311. The van der Waals surface area contributed by atoms with E-state index in [1.807, 2.05) is 0 Å². The molecule has 0 aromatic heterocycles. The van der Waals surface area contributed by atoms with E-state index >= 15 is 0 Å². The second-order valence-corrected chi connectivity index (χ2v) is 9.71. The van der Waals surface area contributed by atoms with Gasteiger partial charge in [0.25, 0.3) is 0 Å². The molecule has 0 amide bonds. The Morgan fingerprint density at radius 2 is 0.621 bits per heavy atom. The third kappa shape index (κ3) is 3.11. The van der Waals surface area contributed by atoms with Gasteiger partial charge in [0, 0.05) is 0 Å². The summed E-state index contributed by atoms with van der Waals surface area (Å²) in [6.45, 7) is 0. The molecule has 2 aliphatic rings. The summed E-state index contributed by atoms with van der Waals surface area (Å²) in [5, 5.41) is 0. The summed E-state index contributed by atoms with van der Waals surface area (Å²) < 4.78 is 1.17. The molecule has 0 atom stereocenters. The number of benzene rings is 4. The Morgan fingerprint density at radius 3 is 0.897 bits per heavy atom. The predicted molar refractivity (Wildman–Crippen MR) is 107 cm³/mol. The molecule has 0 saturated heterocycles. The summed E-state index contributed by atoms with van der Waals surface area (Å²) in [6.07, 6.45) is 0. The van der Waals surface area contributed by atoms with Crippen LogP contribution in [0.1, 0.15) is 30.7 Å². The van der Waals surface area contributed by atoms with Crippen LogP contribution < -0.4 is 24.8 Å². The molecule has 0 unspecified atom stereocenters. The van der Waals surface area contributed by atoms with Gasteiger partial charge >= 0.3 is 169 Å². The summed E-state index contributed by atoms with van der Waals surface area (Å²) in [5.41, 5.74) is 12.0. The van der Waals surface area contributed by atoms with Crippen LogP contribution in [-0.2, 0) is 19.2 Å². The van der Waals surface area contributed by atoms with Crippen LogP contribution in [0.15, 0.2) is 97.1 Å². The third-order valence-corrected chi connectivity index (χ3v) is 8.98. The maximum absolute atomic E-state index is 2.36. The van der Waals surface area contributed by atoms with E-state index in [1.165, 1.54) is 22.3 Å². The zero-order chi connectivity index (χ0) is 17.8. The third-order valence-electron chi connectivity index (χ3n) is 6.00. The Balaban J connectivity index is 0.00000102. The standard InChI is InChI=1S/2C13H9.2ClH.Ti/c2*1-3-7-12-10(5-1)9-11-6-2-4-8-13(11)12;;;/h2*1-9H;2*1H;/q;;;;+2/p-2. The molecule has 0 fully saturated rings. The van der Waals surface area contributed by atoms with E-state index in [-0.39, 0.29) is 44.0 Å². The van der Waals surface area contributed by atoms with E-state index in [0.717, 1.165) is 0 Å². The van der Waals surface area contributed by atoms with E-state index in [0.29, 0.717) is 8.45 Å². The summed E-state index contributed by atoms with van der Waals surface area (Å²) in [4.78, 5) is 0. The average Bonchev–Trinajstić information content (AvgIpc) is 3.23. The first kappa shape index (κ1) is 20.4. The first-order valence-corrected chi connectivity index (χ1v) is 11.3. The van der Waals surface area contributed by atoms with Crippen LogP contribution in [0.25, 0.3) is 22.3 Å². The van der Waals surface area contributed by atoms with Crippen molar-refractivity contribution in [3.05, 3.63) is 119 Å². The van der Waals surface area contributed by atoms with Gasteiger partial charge in [-0.1, -0.05) is 0 Å². The van der Waals surface area contributed by atoms with Crippen LogP contribution in [0.3, 0.4) is 0 Å². The van der Waals surface area contributed by atoms with Crippen molar-refractivity contribution in [1.82, 2.24) is 0 Å². The predicted octanol–water partition coefficient (Wildman–Crippen LogP) is 0.617. The molecule has 0 nitrogen and oxygen atoms in total. The molecule has 0 aliphatic heterocycles. The summed E-state index contributed by atoms with van der Waals surface area (Å²) in [6, 6.07) is 36.2. The second kappa shape index (κ2) is 8.13. The van der Waals surface area contributed by atoms with Crippen molar-refractivity contribution in [1.29, 1.82) is 0 Å². The molecule has 0 spiro atoms. The first-order chi connectivity index (χ1) is 13.4. The molecule has 0 radical (unpaired) electrons. The van der Waals surface area contributed by atoms with Crippen LogP contribution in [0, 0.1) is 0 Å². The van der Waals surface area contributed by atoms with Gasteiger partial charge in [0.05, 0.1) is 0 Å². The summed E-state index contributed by atoms with van der Waals surface area (Å²) in [7, 11) is 0. The van der Waals surface area contributed by atoms with Gasteiger partial charge in [-0.3, -0.25) is 0 Å². The molecule has 0 bridgehead atoms. The van der Waals surface area contributed by atoms with Crippen molar-refractivity contribution in [2.45, 2.75) is 8.45 Å². The monoisotopic (exact) mass is 448 g/mol. The Morgan fingerprint density at radius 1 is 0.379 bits per heavy atom. The average molecular weight is 449 g/mol. The topological polar surface area (TPSA) is 0 Å². The molecule has 0 saturated carbocycles. The van der Waals surface area contributed by atoms with E-state index in [2.05, 4.69) is 97.1 Å². The molecule has 0 heterocycles. The minimum absolute atomic E-state index is 0. The van der Waals surface area contributed by atoms with E-state index in [4.69, 9.17) is 0 Å². The molecule has 29 heavy (non-hydrogen) atoms. The van der Waals surface area contributed by atoms with Crippen LogP contribution in [0.5, 0.6) is 0 Å².